The lowest BCUT2D eigenvalue weighted by atomic mass is 9.88. The highest BCUT2D eigenvalue weighted by Crippen LogP contribution is 2.25. The molecule has 0 spiro atoms. The zero-order valence-corrected chi connectivity index (χ0v) is 32.1. The number of rotatable bonds is 36. The molecule has 0 amide bonds. The van der Waals surface area contributed by atoms with Crippen molar-refractivity contribution in [2.45, 2.75) is 220 Å². The van der Waals surface area contributed by atoms with E-state index in [9.17, 15) is 9.59 Å². The lowest BCUT2D eigenvalue weighted by Crippen LogP contribution is -2.28. The molecule has 0 heterocycles. The first kappa shape index (κ1) is 45.4. The number of carbonyl (C=O) groups excluding carboxylic acids is 2. The average molecular weight is 661 g/mol. The molecule has 0 unspecified atom stereocenters. The first-order valence-electron chi connectivity index (χ1n) is 20.6. The van der Waals surface area contributed by atoms with Crippen molar-refractivity contribution < 1.29 is 19.1 Å². The van der Waals surface area contributed by atoms with Gasteiger partial charge < -0.3 is 9.47 Å². The molecule has 0 atom stereocenters. The van der Waals surface area contributed by atoms with E-state index >= 15 is 0 Å². The third-order valence-corrected chi connectivity index (χ3v) is 9.32. The van der Waals surface area contributed by atoms with Crippen LogP contribution in [-0.2, 0) is 19.1 Å². The summed E-state index contributed by atoms with van der Waals surface area (Å²) in [5, 5.41) is 0. The Morgan fingerprint density at radius 1 is 0.447 bits per heavy atom. The Balaban J connectivity index is 3.56. The van der Waals surface area contributed by atoms with Crippen molar-refractivity contribution in [1.82, 2.24) is 0 Å². The van der Waals surface area contributed by atoms with Crippen LogP contribution in [0.15, 0.2) is 24.3 Å². The Labute approximate surface area is 293 Å². The van der Waals surface area contributed by atoms with Crippen LogP contribution >= 0.6 is 0 Å². The van der Waals surface area contributed by atoms with Gasteiger partial charge in [-0.15, -0.1) is 0 Å². The summed E-state index contributed by atoms with van der Waals surface area (Å²) >= 11 is 0. The molecule has 0 saturated heterocycles. The Morgan fingerprint density at radius 2 is 0.766 bits per heavy atom. The monoisotopic (exact) mass is 661 g/mol. The molecule has 0 bridgehead atoms. The normalized spacial score (nSPS) is 12.0. The summed E-state index contributed by atoms with van der Waals surface area (Å²) < 4.78 is 11.0. The van der Waals surface area contributed by atoms with Crippen LogP contribution < -0.4 is 0 Å². The van der Waals surface area contributed by atoms with E-state index in [2.05, 4.69) is 38.2 Å². The summed E-state index contributed by atoms with van der Waals surface area (Å²) in [7, 11) is 0. The minimum atomic E-state index is -0.662. The second-order valence-corrected chi connectivity index (χ2v) is 14.6. The molecule has 0 aliphatic carbocycles. The van der Waals surface area contributed by atoms with E-state index in [4.69, 9.17) is 9.47 Å². The Hall–Kier alpha value is -1.58. The Bertz CT molecular complexity index is 738. The Morgan fingerprint density at radius 3 is 1.15 bits per heavy atom. The highest BCUT2D eigenvalue weighted by Gasteiger charge is 2.30. The van der Waals surface area contributed by atoms with Gasteiger partial charge >= 0.3 is 11.9 Å². The predicted octanol–water partition coefficient (Wildman–Crippen LogP) is 14.0. The van der Waals surface area contributed by atoms with E-state index in [1.54, 1.807) is 0 Å². The molecule has 4 heteroatoms. The summed E-state index contributed by atoms with van der Waals surface area (Å²) in [5.41, 5.74) is -0.662. The Kier molecular flexibility index (Phi) is 34.5. The number of unbranched alkanes of at least 4 members (excludes halogenated alkanes) is 24. The smallest absolute Gasteiger partial charge is 0.311 e. The highest BCUT2D eigenvalue weighted by molar-refractivity contribution is 5.77. The van der Waals surface area contributed by atoms with Gasteiger partial charge in [-0.05, 0) is 84.5 Å². The lowest BCUT2D eigenvalue weighted by molar-refractivity contribution is -0.155. The highest BCUT2D eigenvalue weighted by atomic mass is 16.5. The first-order chi connectivity index (χ1) is 22.9. The van der Waals surface area contributed by atoms with Crippen LogP contribution in [0.25, 0.3) is 0 Å². The summed E-state index contributed by atoms with van der Waals surface area (Å²) in [6, 6.07) is 0. The summed E-state index contributed by atoms with van der Waals surface area (Å²) in [6.07, 6.45) is 45.6. The van der Waals surface area contributed by atoms with Crippen LogP contribution in [0.2, 0.25) is 0 Å². The quantitative estimate of drug-likeness (QED) is 0.0381. The van der Waals surface area contributed by atoms with Gasteiger partial charge in [0.1, 0.15) is 0 Å². The molecule has 0 aliphatic rings. The minimum absolute atomic E-state index is 0.202. The largest absolute Gasteiger partial charge is 0.466 e. The zero-order chi connectivity index (χ0) is 34.5. The molecule has 0 saturated carbocycles. The molecule has 0 aromatic heterocycles. The van der Waals surface area contributed by atoms with Gasteiger partial charge in [0.15, 0.2) is 0 Å². The molecule has 47 heavy (non-hydrogen) atoms. The SMILES string of the molecule is CCCCCCCC/C=C\CCCCCCCCOC(=O)CCC(C)(C)C(=O)OCCCCCCCC/C=C\CCCCCCCC. The maximum atomic E-state index is 12.6. The van der Waals surface area contributed by atoms with Crippen molar-refractivity contribution >= 4 is 11.9 Å². The van der Waals surface area contributed by atoms with Crippen molar-refractivity contribution in [3.63, 3.8) is 0 Å². The number of ether oxygens (including phenoxy) is 2. The van der Waals surface area contributed by atoms with Gasteiger partial charge in [0, 0.05) is 6.42 Å². The molecular formula is C43H80O4. The van der Waals surface area contributed by atoms with Crippen molar-refractivity contribution in [1.29, 1.82) is 0 Å². The molecule has 0 N–H and O–H groups in total. The topological polar surface area (TPSA) is 52.6 Å². The number of allylic oxidation sites excluding steroid dienone is 4. The van der Waals surface area contributed by atoms with Gasteiger partial charge in [-0.25, -0.2) is 0 Å². The number of hydrogen-bond acceptors (Lipinski definition) is 4. The molecule has 0 radical (unpaired) electrons. The van der Waals surface area contributed by atoms with Gasteiger partial charge in [-0.2, -0.15) is 0 Å². The molecule has 0 aliphatic heterocycles. The minimum Gasteiger partial charge on any atom is -0.466 e. The zero-order valence-electron chi connectivity index (χ0n) is 32.1. The van der Waals surface area contributed by atoms with Crippen molar-refractivity contribution in [3.8, 4) is 0 Å². The van der Waals surface area contributed by atoms with Crippen molar-refractivity contribution in [3.05, 3.63) is 24.3 Å². The number of hydrogen-bond donors (Lipinski definition) is 0. The molecule has 0 aromatic rings. The van der Waals surface area contributed by atoms with E-state index in [-0.39, 0.29) is 18.4 Å². The maximum Gasteiger partial charge on any atom is 0.311 e. The predicted molar refractivity (Wildman–Crippen MR) is 204 cm³/mol. The molecule has 4 nitrogen and oxygen atoms in total. The lowest BCUT2D eigenvalue weighted by Gasteiger charge is -2.22. The van der Waals surface area contributed by atoms with Gasteiger partial charge in [0.2, 0.25) is 0 Å². The summed E-state index contributed by atoms with van der Waals surface area (Å²) in [5.74, 6) is -0.404. The number of carbonyl (C=O) groups is 2. The standard InChI is InChI=1S/C43H80O4/c1-5-7-9-11-13-15-17-19-21-23-25-27-29-31-33-35-39-46-41(44)37-38-43(3,4)42(45)47-40-36-34-32-30-28-26-24-22-20-18-16-14-12-10-8-6-2/h19-22H,5-18,23-40H2,1-4H3/b21-19-,22-20-. The maximum absolute atomic E-state index is 12.6. The molecule has 0 fully saturated rings. The molecule has 0 rings (SSSR count). The van der Waals surface area contributed by atoms with E-state index in [0.717, 1.165) is 25.7 Å². The summed E-state index contributed by atoms with van der Waals surface area (Å²) in [4.78, 5) is 24.8. The fourth-order valence-corrected chi connectivity index (χ4v) is 5.83. The van der Waals surface area contributed by atoms with Gasteiger partial charge in [-0.1, -0.05) is 154 Å². The van der Waals surface area contributed by atoms with Gasteiger partial charge in [-0.3, -0.25) is 9.59 Å². The van der Waals surface area contributed by atoms with Crippen LogP contribution in [0.1, 0.15) is 220 Å². The second kappa shape index (κ2) is 35.7. The van der Waals surface area contributed by atoms with Crippen LogP contribution in [0.4, 0.5) is 0 Å². The van der Waals surface area contributed by atoms with Crippen LogP contribution in [0.5, 0.6) is 0 Å². The second-order valence-electron chi connectivity index (χ2n) is 14.6. The third-order valence-electron chi connectivity index (χ3n) is 9.32. The van der Waals surface area contributed by atoms with Crippen LogP contribution in [-0.4, -0.2) is 25.2 Å². The van der Waals surface area contributed by atoms with Gasteiger partial charge in [0.25, 0.3) is 0 Å². The average Bonchev–Trinajstić information content (AvgIpc) is 3.06. The summed E-state index contributed by atoms with van der Waals surface area (Å²) in [6.45, 7) is 9.25. The van der Waals surface area contributed by atoms with Crippen LogP contribution in [0.3, 0.4) is 0 Å². The van der Waals surface area contributed by atoms with E-state index in [0.29, 0.717) is 19.6 Å². The van der Waals surface area contributed by atoms with Crippen molar-refractivity contribution in [2.24, 2.45) is 5.41 Å². The van der Waals surface area contributed by atoms with E-state index in [1.807, 2.05) is 13.8 Å². The molecular weight excluding hydrogens is 580 g/mol. The van der Waals surface area contributed by atoms with Crippen molar-refractivity contribution in [2.75, 3.05) is 13.2 Å². The van der Waals surface area contributed by atoms with Crippen LogP contribution in [0, 0.1) is 5.41 Å². The first-order valence-corrected chi connectivity index (χ1v) is 20.6. The number of esters is 2. The van der Waals surface area contributed by atoms with Gasteiger partial charge in [0.05, 0.1) is 18.6 Å². The molecule has 0 aromatic carbocycles. The third kappa shape index (κ3) is 34.1. The fourth-order valence-electron chi connectivity index (χ4n) is 5.83. The van der Waals surface area contributed by atoms with E-state index in [1.165, 1.54) is 154 Å². The molecule has 276 valence electrons. The fraction of sp³-hybridized carbons (Fsp3) is 0.860. The van der Waals surface area contributed by atoms with E-state index < -0.39 is 5.41 Å².